The van der Waals surface area contributed by atoms with E-state index in [9.17, 15) is 13.2 Å². The van der Waals surface area contributed by atoms with Crippen LogP contribution in [0.2, 0.25) is 5.02 Å². The van der Waals surface area contributed by atoms with Gasteiger partial charge in [-0.2, -0.15) is 4.99 Å². The van der Waals surface area contributed by atoms with Gasteiger partial charge < -0.3 is 4.57 Å². The number of amides is 1. The SMILES string of the molecule is C=CCn1c(=NC(=O)Cc2ccc(Cl)cc2)sc2cc(S(N)(=O)=O)ccc21. The Morgan fingerprint density at radius 3 is 2.59 bits per heavy atom. The number of primary sulfonamides is 1. The number of thiazole rings is 1. The molecule has 0 fully saturated rings. The zero-order valence-electron chi connectivity index (χ0n) is 14.1. The Morgan fingerprint density at radius 2 is 1.96 bits per heavy atom. The third kappa shape index (κ3) is 4.54. The predicted molar refractivity (Wildman–Crippen MR) is 107 cm³/mol. The predicted octanol–water partition coefficient (Wildman–Crippen LogP) is 2.86. The number of halogens is 1. The molecular formula is C18H16ClN3O3S2. The third-order valence-electron chi connectivity index (χ3n) is 3.78. The minimum atomic E-state index is -3.81. The number of nitrogens with two attached hydrogens (primary N) is 1. The van der Waals surface area contributed by atoms with E-state index in [1.54, 1.807) is 41.0 Å². The van der Waals surface area contributed by atoms with Crippen molar-refractivity contribution in [3.05, 3.63) is 70.5 Å². The molecule has 0 bridgehead atoms. The van der Waals surface area contributed by atoms with E-state index in [0.29, 0.717) is 21.1 Å². The fourth-order valence-corrected chi connectivity index (χ4v) is 4.38. The highest BCUT2D eigenvalue weighted by atomic mass is 35.5. The summed E-state index contributed by atoms with van der Waals surface area (Å²) in [5, 5.41) is 5.79. The molecule has 6 nitrogen and oxygen atoms in total. The number of sulfonamides is 1. The maximum Gasteiger partial charge on any atom is 0.252 e. The number of allylic oxidation sites excluding steroid dienone is 1. The summed E-state index contributed by atoms with van der Waals surface area (Å²) in [6.45, 7) is 4.16. The molecule has 1 heterocycles. The Bertz CT molecular complexity index is 1190. The van der Waals surface area contributed by atoms with Gasteiger partial charge >= 0.3 is 0 Å². The summed E-state index contributed by atoms with van der Waals surface area (Å²) < 4.78 is 25.6. The largest absolute Gasteiger partial charge is 0.313 e. The molecule has 0 unspecified atom stereocenters. The maximum absolute atomic E-state index is 12.4. The number of fused-ring (bicyclic) bond motifs is 1. The number of carbonyl (C=O) groups is 1. The lowest BCUT2D eigenvalue weighted by molar-refractivity contribution is -0.117. The van der Waals surface area contributed by atoms with Gasteiger partial charge in [-0.05, 0) is 35.9 Å². The number of carbonyl (C=O) groups excluding carboxylic acids is 1. The van der Waals surface area contributed by atoms with Gasteiger partial charge in [-0.25, -0.2) is 13.6 Å². The molecule has 0 aliphatic rings. The molecule has 0 atom stereocenters. The molecule has 3 aromatic rings. The van der Waals surface area contributed by atoms with Gasteiger partial charge in [0, 0.05) is 11.6 Å². The van der Waals surface area contributed by atoms with Crippen LogP contribution in [0.3, 0.4) is 0 Å². The van der Waals surface area contributed by atoms with Crippen molar-refractivity contribution in [1.29, 1.82) is 0 Å². The summed E-state index contributed by atoms with van der Waals surface area (Å²) in [4.78, 5) is 17.1. The van der Waals surface area contributed by atoms with Crippen molar-refractivity contribution in [2.45, 2.75) is 17.9 Å². The molecule has 140 valence electrons. The fraction of sp³-hybridized carbons (Fsp3) is 0.111. The Morgan fingerprint density at radius 1 is 1.26 bits per heavy atom. The van der Waals surface area contributed by atoms with E-state index in [4.69, 9.17) is 16.7 Å². The van der Waals surface area contributed by atoms with Crippen molar-refractivity contribution in [1.82, 2.24) is 4.57 Å². The standard InChI is InChI=1S/C18H16ClN3O3S2/c1-2-9-22-15-8-7-14(27(20,24)25)11-16(15)26-18(22)21-17(23)10-12-3-5-13(19)6-4-12/h2-8,11H,1,9-10H2,(H2,20,24,25). The van der Waals surface area contributed by atoms with E-state index in [1.807, 2.05) is 0 Å². The van der Waals surface area contributed by atoms with Gasteiger partial charge in [-0.1, -0.05) is 41.1 Å². The minimum Gasteiger partial charge on any atom is -0.313 e. The van der Waals surface area contributed by atoms with Gasteiger partial charge in [0.1, 0.15) is 0 Å². The smallest absolute Gasteiger partial charge is 0.252 e. The molecule has 9 heteroatoms. The molecule has 0 saturated carbocycles. The topological polar surface area (TPSA) is 94.5 Å². The van der Waals surface area contributed by atoms with Crippen LogP contribution in [-0.2, 0) is 27.8 Å². The van der Waals surface area contributed by atoms with E-state index >= 15 is 0 Å². The van der Waals surface area contributed by atoms with E-state index < -0.39 is 10.0 Å². The number of nitrogens with zero attached hydrogens (tertiary/aromatic N) is 2. The van der Waals surface area contributed by atoms with Crippen LogP contribution in [0.25, 0.3) is 10.2 Å². The molecule has 2 aromatic carbocycles. The molecule has 27 heavy (non-hydrogen) atoms. The van der Waals surface area contributed by atoms with Crippen LogP contribution in [0.1, 0.15) is 5.56 Å². The maximum atomic E-state index is 12.4. The summed E-state index contributed by atoms with van der Waals surface area (Å²) in [7, 11) is -3.81. The van der Waals surface area contributed by atoms with E-state index in [1.165, 1.54) is 23.5 Å². The highest BCUT2D eigenvalue weighted by Gasteiger charge is 2.13. The first-order valence-electron chi connectivity index (χ1n) is 7.87. The van der Waals surface area contributed by atoms with Crippen molar-refractivity contribution in [3.63, 3.8) is 0 Å². The Balaban J connectivity index is 2.04. The normalized spacial score (nSPS) is 12.4. The second kappa shape index (κ2) is 7.77. The number of hydrogen-bond acceptors (Lipinski definition) is 4. The fourth-order valence-electron chi connectivity index (χ4n) is 2.54. The molecule has 0 aliphatic heterocycles. The Kier molecular flexibility index (Phi) is 5.61. The second-order valence-electron chi connectivity index (χ2n) is 5.77. The lowest BCUT2D eigenvalue weighted by Crippen LogP contribution is -2.17. The van der Waals surface area contributed by atoms with E-state index in [2.05, 4.69) is 11.6 Å². The molecule has 3 rings (SSSR count). The lowest BCUT2D eigenvalue weighted by atomic mass is 10.1. The quantitative estimate of drug-likeness (QED) is 0.641. The van der Waals surface area contributed by atoms with E-state index in [-0.39, 0.29) is 17.2 Å². The van der Waals surface area contributed by atoms with Crippen molar-refractivity contribution in [3.8, 4) is 0 Å². The van der Waals surface area contributed by atoms with Gasteiger partial charge in [0.05, 0.1) is 21.5 Å². The first-order valence-corrected chi connectivity index (χ1v) is 10.6. The highest BCUT2D eigenvalue weighted by molar-refractivity contribution is 7.89. The first-order chi connectivity index (χ1) is 12.8. The van der Waals surface area contributed by atoms with Gasteiger partial charge in [-0.3, -0.25) is 4.79 Å². The summed E-state index contributed by atoms with van der Waals surface area (Å²) >= 11 is 7.07. The molecule has 1 aromatic heterocycles. The van der Waals surface area contributed by atoms with Crippen LogP contribution >= 0.6 is 22.9 Å². The second-order valence-corrected chi connectivity index (χ2v) is 8.77. The molecule has 1 amide bonds. The van der Waals surface area contributed by atoms with Gasteiger partial charge in [0.25, 0.3) is 5.91 Å². The third-order valence-corrected chi connectivity index (χ3v) is 5.99. The highest BCUT2D eigenvalue weighted by Crippen LogP contribution is 2.21. The van der Waals surface area contributed by atoms with Gasteiger partial charge in [-0.15, -0.1) is 6.58 Å². The molecule has 0 aliphatic carbocycles. The minimum absolute atomic E-state index is 0.0149. The molecule has 0 radical (unpaired) electrons. The molecule has 0 saturated heterocycles. The zero-order chi connectivity index (χ0) is 19.6. The summed E-state index contributed by atoms with van der Waals surface area (Å²) in [5.41, 5.74) is 1.56. The van der Waals surface area contributed by atoms with Crippen LogP contribution in [0, 0.1) is 0 Å². The van der Waals surface area contributed by atoms with Crippen molar-refractivity contribution >= 4 is 49.1 Å². The Labute approximate surface area is 165 Å². The van der Waals surface area contributed by atoms with Crippen molar-refractivity contribution < 1.29 is 13.2 Å². The lowest BCUT2D eigenvalue weighted by Gasteiger charge is -2.02. The number of rotatable bonds is 5. The molecular weight excluding hydrogens is 406 g/mol. The number of benzene rings is 2. The summed E-state index contributed by atoms with van der Waals surface area (Å²) in [5.74, 6) is -0.312. The van der Waals surface area contributed by atoms with Crippen molar-refractivity contribution in [2.75, 3.05) is 0 Å². The van der Waals surface area contributed by atoms with Crippen LogP contribution in [0.5, 0.6) is 0 Å². The van der Waals surface area contributed by atoms with Crippen LogP contribution in [0.4, 0.5) is 0 Å². The van der Waals surface area contributed by atoms with Gasteiger partial charge in [0.15, 0.2) is 4.80 Å². The van der Waals surface area contributed by atoms with Crippen LogP contribution in [0.15, 0.2) is 65.0 Å². The number of aromatic nitrogens is 1. The average molecular weight is 422 g/mol. The number of hydrogen-bond donors (Lipinski definition) is 1. The average Bonchev–Trinajstić information content (AvgIpc) is 2.93. The summed E-state index contributed by atoms with van der Waals surface area (Å²) in [6.07, 6.45) is 1.82. The Hall–Kier alpha value is -2.26. The first kappa shape index (κ1) is 19.5. The summed E-state index contributed by atoms with van der Waals surface area (Å²) in [6, 6.07) is 11.6. The van der Waals surface area contributed by atoms with Crippen molar-refractivity contribution in [2.24, 2.45) is 10.1 Å². The molecule has 2 N–H and O–H groups in total. The van der Waals surface area contributed by atoms with Crippen LogP contribution < -0.4 is 9.94 Å². The zero-order valence-corrected chi connectivity index (χ0v) is 16.5. The van der Waals surface area contributed by atoms with Gasteiger partial charge in [0.2, 0.25) is 10.0 Å². The molecule has 0 spiro atoms. The van der Waals surface area contributed by atoms with Crippen LogP contribution in [-0.4, -0.2) is 18.9 Å². The monoisotopic (exact) mass is 421 g/mol. The van der Waals surface area contributed by atoms with E-state index in [0.717, 1.165) is 11.1 Å².